The summed E-state index contributed by atoms with van der Waals surface area (Å²) >= 11 is 0. The Morgan fingerprint density at radius 3 is 2.42 bits per heavy atom. The van der Waals surface area contributed by atoms with Crippen molar-refractivity contribution in [2.24, 2.45) is 5.92 Å². The molecule has 5 nitrogen and oxygen atoms in total. The summed E-state index contributed by atoms with van der Waals surface area (Å²) in [7, 11) is 0. The third kappa shape index (κ3) is 3.67. The van der Waals surface area contributed by atoms with E-state index in [1.54, 1.807) is 0 Å². The van der Waals surface area contributed by atoms with Gasteiger partial charge in [0.05, 0.1) is 0 Å². The van der Waals surface area contributed by atoms with Crippen LogP contribution in [0.2, 0.25) is 0 Å². The van der Waals surface area contributed by atoms with Crippen molar-refractivity contribution >= 4 is 5.91 Å². The number of benzene rings is 1. The Morgan fingerprint density at radius 1 is 1.04 bits per heavy atom. The van der Waals surface area contributed by atoms with Crippen LogP contribution >= 0.6 is 0 Å². The number of aromatic nitrogens is 2. The van der Waals surface area contributed by atoms with Gasteiger partial charge in [-0.05, 0) is 32.6 Å². The normalized spacial score (nSPS) is 19.7. The second-order valence-corrected chi connectivity index (χ2v) is 7.76. The first kappa shape index (κ1) is 17.3. The molecule has 26 heavy (non-hydrogen) atoms. The quantitative estimate of drug-likeness (QED) is 0.824. The van der Waals surface area contributed by atoms with E-state index in [1.807, 2.05) is 12.1 Å². The molecule has 0 spiro atoms. The SMILES string of the molecule is Cc1ccc(-c2noc(C3CCN(C(=O)C4CCCCC4)CC3)n2)cc1. The van der Waals surface area contributed by atoms with Gasteiger partial charge in [-0.3, -0.25) is 4.79 Å². The van der Waals surface area contributed by atoms with E-state index in [2.05, 4.69) is 34.1 Å². The number of carbonyl (C=O) groups is 1. The fourth-order valence-corrected chi connectivity index (χ4v) is 4.18. The Balaban J connectivity index is 1.36. The highest BCUT2D eigenvalue weighted by Gasteiger charge is 2.31. The molecule has 1 amide bonds. The molecule has 1 aliphatic carbocycles. The van der Waals surface area contributed by atoms with Crippen LogP contribution in [-0.4, -0.2) is 34.0 Å². The van der Waals surface area contributed by atoms with E-state index >= 15 is 0 Å². The number of rotatable bonds is 3. The predicted molar refractivity (Wildman–Crippen MR) is 99.6 cm³/mol. The summed E-state index contributed by atoms with van der Waals surface area (Å²) in [5.74, 6) is 2.26. The van der Waals surface area contributed by atoms with E-state index in [0.29, 0.717) is 17.6 Å². The van der Waals surface area contributed by atoms with Crippen LogP contribution < -0.4 is 0 Å². The number of likely N-dealkylation sites (tertiary alicyclic amines) is 1. The smallest absolute Gasteiger partial charge is 0.230 e. The standard InChI is InChI=1S/C21H27N3O2/c1-15-7-9-16(10-8-15)19-22-20(26-23-19)17-11-13-24(14-12-17)21(25)18-5-3-2-4-6-18/h7-10,17-18H,2-6,11-14H2,1H3. The number of hydrogen-bond acceptors (Lipinski definition) is 4. The maximum absolute atomic E-state index is 12.7. The van der Waals surface area contributed by atoms with E-state index < -0.39 is 0 Å². The first-order chi connectivity index (χ1) is 12.7. The Morgan fingerprint density at radius 2 is 1.73 bits per heavy atom. The molecule has 0 bridgehead atoms. The van der Waals surface area contributed by atoms with Crippen molar-refractivity contribution in [3.8, 4) is 11.4 Å². The van der Waals surface area contributed by atoms with Gasteiger partial charge in [-0.2, -0.15) is 4.98 Å². The predicted octanol–water partition coefficient (Wildman–Crippen LogP) is 4.33. The summed E-state index contributed by atoms with van der Waals surface area (Å²) in [6.07, 6.45) is 7.66. The van der Waals surface area contributed by atoms with Gasteiger partial charge in [0.1, 0.15) is 0 Å². The highest BCUT2D eigenvalue weighted by atomic mass is 16.5. The summed E-state index contributed by atoms with van der Waals surface area (Å²) in [6, 6.07) is 8.16. The zero-order valence-corrected chi connectivity index (χ0v) is 15.5. The van der Waals surface area contributed by atoms with Crippen LogP contribution in [0.1, 0.15) is 62.3 Å². The molecule has 2 heterocycles. The molecule has 138 valence electrons. The minimum Gasteiger partial charge on any atom is -0.342 e. The van der Waals surface area contributed by atoms with Gasteiger partial charge in [-0.15, -0.1) is 0 Å². The van der Waals surface area contributed by atoms with Gasteiger partial charge in [0.2, 0.25) is 17.6 Å². The van der Waals surface area contributed by atoms with Gasteiger partial charge in [0.15, 0.2) is 0 Å². The van der Waals surface area contributed by atoms with Crippen molar-refractivity contribution in [1.82, 2.24) is 15.0 Å². The van der Waals surface area contributed by atoms with Crippen LogP contribution in [0.25, 0.3) is 11.4 Å². The monoisotopic (exact) mass is 353 g/mol. The molecule has 0 unspecified atom stereocenters. The topological polar surface area (TPSA) is 59.2 Å². The Hall–Kier alpha value is -2.17. The minimum absolute atomic E-state index is 0.261. The minimum atomic E-state index is 0.261. The number of carbonyl (C=O) groups excluding carboxylic acids is 1. The maximum atomic E-state index is 12.7. The summed E-state index contributed by atoms with van der Waals surface area (Å²) in [5.41, 5.74) is 2.20. The van der Waals surface area contributed by atoms with Gasteiger partial charge >= 0.3 is 0 Å². The lowest BCUT2D eigenvalue weighted by Gasteiger charge is -2.34. The highest BCUT2D eigenvalue weighted by Crippen LogP contribution is 2.31. The fraction of sp³-hybridized carbons (Fsp3) is 0.571. The lowest BCUT2D eigenvalue weighted by molar-refractivity contribution is -0.137. The molecule has 2 aliphatic rings. The molecule has 1 saturated carbocycles. The first-order valence-corrected chi connectivity index (χ1v) is 9.90. The molecular formula is C21H27N3O2. The molecule has 0 atom stereocenters. The van der Waals surface area contributed by atoms with E-state index in [1.165, 1.54) is 24.8 Å². The average molecular weight is 353 g/mol. The Kier molecular flexibility index (Phi) is 5.05. The second-order valence-electron chi connectivity index (χ2n) is 7.76. The van der Waals surface area contributed by atoms with Gasteiger partial charge < -0.3 is 9.42 Å². The van der Waals surface area contributed by atoms with Crippen LogP contribution in [-0.2, 0) is 4.79 Å². The molecule has 0 radical (unpaired) electrons. The second kappa shape index (κ2) is 7.60. The maximum Gasteiger partial charge on any atom is 0.230 e. The molecule has 1 aromatic carbocycles. The number of hydrogen-bond donors (Lipinski definition) is 0. The van der Waals surface area contributed by atoms with Gasteiger partial charge in [-0.1, -0.05) is 54.2 Å². The molecule has 4 rings (SSSR count). The molecule has 1 aliphatic heterocycles. The third-order valence-corrected chi connectivity index (χ3v) is 5.86. The Labute approximate surface area is 154 Å². The van der Waals surface area contributed by atoms with Crippen LogP contribution in [0, 0.1) is 12.8 Å². The van der Waals surface area contributed by atoms with Crippen molar-refractivity contribution < 1.29 is 9.32 Å². The molecule has 1 aromatic heterocycles. The van der Waals surface area contributed by atoms with Crippen LogP contribution in [0.5, 0.6) is 0 Å². The molecule has 5 heteroatoms. The largest absolute Gasteiger partial charge is 0.342 e. The fourth-order valence-electron chi connectivity index (χ4n) is 4.18. The van der Waals surface area contributed by atoms with Crippen LogP contribution in [0.3, 0.4) is 0 Å². The van der Waals surface area contributed by atoms with E-state index in [0.717, 1.165) is 44.3 Å². The molecule has 1 saturated heterocycles. The highest BCUT2D eigenvalue weighted by molar-refractivity contribution is 5.79. The van der Waals surface area contributed by atoms with Crippen LogP contribution in [0.15, 0.2) is 28.8 Å². The number of aryl methyl sites for hydroxylation is 1. The average Bonchev–Trinajstić information content (AvgIpc) is 3.19. The van der Waals surface area contributed by atoms with Crippen LogP contribution in [0.4, 0.5) is 0 Å². The van der Waals surface area contributed by atoms with Gasteiger partial charge in [-0.25, -0.2) is 0 Å². The molecular weight excluding hydrogens is 326 g/mol. The number of nitrogens with zero attached hydrogens (tertiary/aromatic N) is 3. The van der Waals surface area contributed by atoms with Gasteiger partial charge in [0, 0.05) is 30.5 Å². The molecule has 0 N–H and O–H groups in total. The molecule has 2 aromatic rings. The van der Waals surface area contributed by atoms with Crippen molar-refractivity contribution in [2.45, 2.75) is 57.8 Å². The summed E-state index contributed by atoms with van der Waals surface area (Å²) in [4.78, 5) is 19.4. The molecule has 2 fully saturated rings. The summed E-state index contributed by atoms with van der Waals surface area (Å²) in [5, 5.41) is 4.15. The van der Waals surface area contributed by atoms with Crippen molar-refractivity contribution in [3.63, 3.8) is 0 Å². The summed E-state index contributed by atoms with van der Waals surface area (Å²) < 4.78 is 5.54. The number of amides is 1. The van der Waals surface area contributed by atoms with Crippen molar-refractivity contribution in [1.29, 1.82) is 0 Å². The van der Waals surface area contributed by atoms with Crippen molar-refractivity contribution in [2.75, 3.05) is 13.1 Å². The lowest BCUT2D eigenvalue weighted by Crippen LogP contribution is -2.41. The lowest BCUT2D eigenvalue weighted by atomic mass is 9.87. The van der Waals surface area contributed by atoms with E-state index in [4.69, 9.17) is 4.52 Å². The zero-order valence-electron chi connectivity index (χ0n) is 15.5. The van der Waals surface area contributed by atoms with Crippen molar-refractivity contribution in [3.05, 3.63) is 35.7 Å². The third-order valence-electron chi connectivity index (χ3n) is 5.86. The van der Waals surface area contributed by atoms with E-state index in [9.17, 15) is 4.79 Å². The summed E-state index contributed by atoms with van der Waals surface area (Å²) in [6.45, 7) is 3.68. The van der Waals surface area contributed by atoms with E-state index in [-0.39, 0.29) is 11.8 Å². The number of piperidine rings is 1. The zero-order chi connectivity index (χ0) is 17.9. The Bertz CT molecular complexity index is 739. The van der Waals surface area contributed by atoms with Gasteiger partial charge in [0.25, 0.3) is 0 Å². The first-order valence-electron chi connectivity index (χ1n) is 9.90.